The minimum atomic E-state index is 0.553. The molecule has 1 heterocycles. The number of hydrogen-bond donors (Lipinski definition) is 2. The Morgan fingerprint density at radius 1 is 1.12 bits per heavy atom. The summed E-state index contributed by atoms with van der Waals surface area (Å²) in [5, 5.41) is 6.81. The third kappa shape index (κ3) is 5.73. The topological polar surface area (TPSA) is 57.5 Å². The molecule has 6 nitrogen and oxygen atoms in total. The quantitative estimate of drug-likeness (QED) is 0.411. The number of fused-ring (bicyclic) bond motifs is 1. The van der Waals surface area contributed by atoms with E-state index in [1.54, 1.807) is 0 Å². The Bertz CT molecular complexity index is 680. The van der Waals surface area contributed by atoms with Crippen LogP contribution in [0.4, 0.5) is 0 Å². The van der Waals surface area contributed by atoms with E-state index in [0.717, 1.165) is 44.1 Å². The average molecular weight is 359 g/mol. The van der Waals surface area contributed by atoms with Gasteiger partial charge in [0.15, 0.2) is 5.96 Å². The van der Waals surface area contributed by atoms with Crippen molar-refractivity contribution in [1.82, 2.24) is 25.1 Å². The maximum Gasteiger partial charge on any atom is 0.191 e. The Morgan fingerprint density at radius 3 is 2.50 bits per heavy atom. The summed E-state index contributed by atoms with van der Waals surface area (Å²) < 4.78 is 2.20. The van der Waals surface area contributed by atoms with Crippen LogP contribution in [0.2, 0.25) is 0 Å². The normalized spacial score (nSPS) is 12.5. The molecule has 2 N–H and O–H groups in total. The van der Waals surface area contributed by atoms with Crippen LogP contribution in [0.5, 0.6) is 0 Å². The summed E-state index contributed by atoms with van der Waals surface area (Å²) in [7, 11) is 1.82. The molecule has 1 aromatic heterocycles. The van der Waals surface area contributed by atoms with E-state index in [2.05, 4.69) is 69.9 Å². The highest BCUT2D eigenvalue weighted by molar-refractivity contribution is 5.79. The second kappa shape index (κ2) is 10.2. The second-order valence-corrected chi connectivity index (χ2v) is 7.13. The summed E-state index contributed by atoms with van der Waals surface area (Å²) in [6.07, 6.45) is 2.94. The monoisotopic (exact) mass is 358 g/mol. The third-order valence-corrected chi connectivity index (χ3v) is 4.61. The highest BCUT2D eigenvalue weighted by Gasteiger charge is 2.12. The van der Waals surface area contributed by atoms with Gasteiger partial charge in [0.05, 0.1) is 17.4 Å². The lowest BCUT2D eigenvalue weighted by Gasteiger charge is -2.30. The number of nitrogens with one attached hydrogen (secondary N) is 2. The van der Waals surface area contributed by atoms with Gasteiger partial charge in [-0.2, -0.15) is 0 Å². The molecule has 144 valence electrons. The van der Waals surface area contributed by atoms with Gasteiger partial charge < -0.3 is 15.2 Å². The maximum atomic E-state index is 4.44. The van der Waals surface area contributed by atoms with E-state index in [1.165, 1.54) is 5.52 Å². The molecule has 0 amide bonds. The number of nitrogens with zero attached hydrogens (tertiary/aromatic N) is 4. The summed E-state index contributed by atoms with van der Waals surface area (Å²) in [4.78, 5) is 11.2. The Balaban J connectivity index is 1.70. The Morgan fingerprint density at radius 2 is 1.81 bits per heavy atom. The molecule has 0 aliphatic heterocycles. The van der Waals surface area contributed by atoms with Crippen molar-refractivity contribution in [3.8, 4) is 0 Å². The van der Waals surface area contributed by atoms with Crippen molar-refractivity contribution in [3.05, 3.63) is 30.6 Å². The first-order valence-corrected chi connectivity index (χ1v) is 9.63. The lowest BCUT2D eigenvalue weighted by atomic mass is 10.2. The molecule has 6 heteroatoms. The number of aryl methyl sites for hydroxylation is 1. The summed E-state index contributed by atoms with van der Waals surface area (Å²) in [6, 6.07) is 9.35. The zero-order valence-corrected chi connectivity index (χ0v) is 16.9. The third-order valence-electron chi connectivity index (χ3n) is 4.61. The minimum absolute atomic E-state index is 0.553. The fourth-order valence-corrected chi connectivity index (χ4v) is 3.28. The predicted molar refractivity (Wildman–Crippen MR) is 111 cm³/mol. The van der Waals surface area contributed by atoms with Crippen molar-refractivity contribution in [2.75, 3.05) is 26.7 Å². The number of imidazole rings is 1. The highest BCUT2D eigenvalue weighted by Crippen LogP contribution is 2.11. The number of aromatic nitrogens is 2. The zero-order valence-electron chi connectivity index (χ0n) is 16.9. The van der Waals surface area contributed by atoms with Crippen molar-refractivity contribution in [2.45, 2.75) is 52.7 Å². The summed E-state index contributed by atoms with van der Waals surface area (Å²) in [6.45, 7) is 12.7. The lowest BCUT2D eigenvalue weighted by Crippen LogP contribution is -2.45. The molecule has 0 spiro atoms. The van der Waals surface area contributed by atoms with E-state index in [0.29, 0.717) is 12.1 Å². The SMILES string of the molecule is CN=C(NCCCn1cnc2ccccc21)NCCN(C(C)C)C(C)C. The smallest absolute Gasteiger partial charge is 0.191 e. The Hall–Kier alpha value is -2.08. The molecule has 0 saturated carbocycles. The number of rotatable bonds is 9. The Kier molecular flexibility index (Phi) is 7.91. The van der Waals surface area contributed by atoms with Crippen LogP contribution in [-0.4, -0.2) is 59.2 Å². The van der Waals surface area contributed by atoms with Gasteiger partial charge in [-0.25, -0.2) is 4.98 Å². The van der Waals surface area contributed by atoms with Gasteiger partial charge in [0.1, 0.15) is 0 Å². The van der Waals surface area contributed by atoms with Gasteiger partial charge in [-0.15, -0.1) is 0 Å². The second-order valence-electron chi connectivity index (χ2n) is 7.13. The van der Waals surface area contributed by atoms with Crippen LogP contribution in [0, 0.1) is 0 Å². The van der Waals surface area contributed by atoms with Crippen LogP contribution in [-0.2, 0) is 6.54 Å². The molecule has 0 aliphatic rings. The van der Waals surface area contributed by atoms with Gasteiger partial charge in [0.2, 0.25) is 0 Å². The van der Waals surface area contributed by atoms with Gasteiger partial charge in [-0.1, -0.05) is 12.1 Å². The van der Waals surface area contributed by atoms with E-state index in [1.807, 2.05) is 25.5 Å². The van der Waals surface area contributed by atoms with E-state index >= 15 is 0 Å². The van der Waals surface area contributed by atoms with Crippen molar-refractivity contribution < 1.29 is 0 Å². The molecule has 0 fully saturated rings. The molecular weight excluding hydrogens is 324 g/mol. The molecular formula is C20H34N6. The maximum absolute atomic E-state index is 4.44. The van der Waals surface area contributed by atoms with E-state index in [9.17, 15) is 0 Å². The summed E-state index contributed by atoms with van der Waals surface area (Å²) >= 11 is 0. The standard InChI is InChI=1S/C20H34N6/c1-16(2)26(17(3)4)14-12-23-20(21-5)22-11-8-13-25-15-24-18-9-6-7-10-19(18)25/h6-7,9-10,15-17H,8,11-14H2,1-5H3,(H2,21,22,23). The van der Waals surface area contributed by atoms with Crippen LogP contribution < -0.4 is 10.6 Å². The number of hydrogen-bond acceptors (Lipinski definition) is 3. The highest BCUT2D eigenvalue weighted by atomic mass is 15.2. The molecule has 0 atom stereocenters. The number of guanidine groups is 1. The van der Waals surface area contributed by atoms with Gasteiger partial charge >= 0.3 is 0 Å². The van der Waals surface area contributed by atoms with Crippen LogP contribution in [0.1, 0.15) is 34.1 Å². The summed E-state index contributed by atoms with van der Waals surface area (Å²) in [5.41, 5.74) is 2.25. The average Bonchev–Trinajstić information content (AvgIpc) is 3.03. The van der Waals surface area contributed by atoms with Gasteiger partial charge in [-0.05, 0) is 46.2 Å². The summed E-state index contributed by atoms with van der Waals surface area (Å²) in [5.74, 6) is 0.868. The predicted octanol–water partition coefficient (Wildman–Crippen LogP) is 2.71. The van der Waals surface area contributed by atoms with Gasteiger partial charge in [-0.3, -0.25) is 9.89 Å². The van der Waals surface area contributed by atoms with Crippen molar-refractivity contribution in [3.63, 3.8) is 0 Å². The van der Waals surface area contributed by atoms with E-state index in [-0.39, 0.29) is 0 Å². The fourth-order valence-electron chi connectivity index (χ4n) is 3.28. The van der Waals surface area contributed by atoms with Crippen LogP contribution in [0.25, 0.3) is 11.0 Å². The largest absolute Gasteiger partial charge is 0.356 e. The van der Waals surface area contributed by atoms with E-state index < -0.39 is 0 Å². The lowest BCUT2D eigenvalue weighted by molar-refractivity contribution is 0.178. The van der Waals surface area contributed by atoms with Crippen LogP contribution >= 0.6 is 0 Å². The van der Waals surface area contributed by atoms with Crippen molar-refractivity contribution >= 4 is 17.0 Å². The van der Waals surface area contributed by atoms with E-state index in [4.69, 9.17) is 0 Å². The number of benzene rings is 1. The molecule has 26 heavy (non-hydrogen) atoms. The van der Waals surface area contributed by atoms with Crippen LogP contribution in [0.15, 0.2) is 35.6 Å². The molecule has 0 saturated heterocycles. The van der Waals surface area contributed by atoms with Gasteiger partial charge in [0, 0.05) is 45.3 Å². The first-order valence-electron chi connectivity index (χ1n) is 9.63. The molecule has 2 aromatic rings. The zero-order chi connectivity index (χ0) is 18.9. The fraction of sp³-hybridized carbons (Fsp3) is 0.600. The number of para-hydroxylation sites is 2. The Labute approximate surface area is 157 Å². The molecule has 2 rings (SSSR count). The molecule has 0 radical (unpaired) electrons. The van der Waals surface area contributed by atoms with Gasteiger partial charge in [0.25, 0.3) is 0 Å². The first-order chi connectivity index (χ1) is 12.5. The van der Waals surface area contributed by atoms with Crippen LogP contribution in [0.3, 0.4) is 0 Å². The molecule has 0 bridgehead atoms. The van der Waals surface area contributed by atoms with Crippen molar-refractivity contribution in [2.24, 2.45) is 4.99 Å². The first kappa shape index (κ1) is 20.2. The minimum Gasteiger partial charge on any atom is -0.356 e. The molecule has 0 aliphatic carbocycles. The number of aliphatic imine (C=N–C) groups is 1. The van der Waals surface area contributed by atoms with Crippen molar-refractivity contribution in [1.29, 1.82) is 0 Å². The molecule has 1 aromatic carbocycles. The molecule has 0 unspecified atom stereocenters.